The van der Waals surface area contributed by atoms with Crippen LogP contribution in [0.3, 0.4) is 0 Å². The van der Waals surface area contributed by atoms with E-state index in [0.717, 1.165) is 24.2 Å². The monoisotopic (exact) mass is 422 g/mol. The largest absolute Gasteiger partial charge is 0.383 e. The second-order valence-corrected chi connectivity index (χ2v) is 7.04. The molecule has 0 fully saturated rings. The highest BCUT2D eigenvalue weighted by atomic mass is 35.5. The quantitative estimate of drug-likeness (QED) is 0.484. The molecule has 1 aromatic heterocycles. The summed E-state index contributed by atoms with van der Waals surface area (Å²) in [5.74, 6) is -0.426. The molecule has 3 aromatic rings. The number of rotatable bonds is 6. The topological polar surface area (TPSA) is 66.1 Å². The molecule has 0 atom stereocenters. The normalized spacial score (nSPS) is 10.8. The molecule has 1 amide bonds. The molecule has 0 aliphatic heterocycles. The van der Waals surface area contributed by atoms with Crippen LogP contribution in [0.1, 0.15) is 10.4 Å². The summed E-state index contributed by atoms with van der Waals surface area (Å²) < 4.78 is 0. The van der Waals surface area contributed by atoms with Gasteiger partial charge >= 0.3 is 0 Å². The molecule has 27 heavy (non-hydrogen) atoms. The molecule has 3 rings (SSSR count). The SMILES string of the molecule is CNCCNc1ccnc2c(NC(=O)c3c(Cl)cccc3Cl)cc(Cl)cc12. The standard InChI is InChI=1S/C19H17Cl3N4O/c1-23-7-8-24-15-5-6-25-18-12(15)9-11(20)10-16(18)26-19(27)17-13(21)3-2-4-14(17)22/h2-6,9-10,23H,7-8H2,1H3,(H,24,25)(H,26,27). The molecule has 2 aromatic carbocycles. The van der Waals surface area contributed by atoms with Crippen LogP contribution in [-0.2, 0) is 0 Å². The number of carbonyl (C=O) groups excluding carboxylic acids is 1. The fourth-order valence-electron chi connectivity index (χ4n) is 2.69. The van der Waals surface area contributed by atoms with E-state index in [1.807, 2.05) is 19.2 Å². The van der Waals surface area contributed by atoms with E-state index < -0.39 is 5.91 Å². The molecule has 0 unspecified atom stereocenters. The molecule has 0 saturated carbocycles. The number of carbonyl (C=O) groups is 1. The van der Waals surface area contributed by atoms with Crippen molar-refractivity contribution in [2.75, 3.05) is 30.8 Å². The lowest BCUT2D eigenvalue weighted by atomic mass is 10.1. The predicted molar refractivity (Wildman–Crippen MR) is 114 cm³/mol. The summed E-state index contributed by atoms with van der Waals surface area (Å²) in [4.78, 5) is 17.1. The fraction of sp³-hybridized carbons (Fsp3) is 0.158. The van der Waals surface area contributed by atoms with Crippen LogP contribution >= 0.6 is 34.8 Å². The smallest absolute Gasteiger partial charge is 0.258 e. The van der Waals surface area contributed by atoms with Crippen LogP contribution in [0.4, 0.5) is 11.4 Å². The van der Waals surface area contributed by atoms with Gasteiger partial charge in [-0.2, -0.15) is 0 Å². The third-order valence-corrected chi connectivity index (χ3v) is 4.79. The van der Waals surface area contributed by atoms with E-state index in [1.165, 1.54) is 0 Å². The van der Waals surface area contributed by atoms with E-state index in [9.17, 15) is 4.79 Å². The van der Waals surface area contributed by atoms with E-state index in [-0.39, 0.29) is 15.6 Å². The predicted octanol–water partition coefficient (Wildman–Crippen LogP) is 5.08. The van der Waals surface area contributed by atoms with Gasteiger partial charge < -0.3 is 16.0 Å². The number of pyridine rings is 1. The highest BCUT2D eigenvalue weighted by Gasteiger charge is 2.17. The van der Waals surface area contributed by atoms with Crippen LogP contribution in [0.25, 0.3) is 10.9 Å². The van der Waals surface area contributed by atoms with Crippen LogP contribution in [0.2, 0.25) is 15.1 Å². The number of hydrogen-bond donors (Lipinski definition) is 3. The lowest BCUT2D eigenvalue weighted by Gasteiger charge is -2.14. The summed E-state index contributed by atoms with van der Waals surface area (Å²) >= 11 is 18.5. The second-order valence-electron chi connectivity index (χ2n) is 5.79. The highest BCUT2D eigenvalue weighted by molar-refractivity contribution is 6.40. The van der Waals surface area contributed by atoms with Crippen molar-refractivity contribution in [1.29, 1.82) is 0 Å². The fourth-order valence-corrected chi connectivity index (χ4v) is 3.48. The van der Waals surface area contributed by atoms with Crippen molar-refractivity contribution in [2.24, 2.45) is 0 Å². The zero-order chi connectivity index (χ0) is 19.4. The summed E-state index contributed by atoms with van der Waals surface area (Å²) in [6, 6.07) is 10.2. The molecular formula is C19H17Cl3N4O. The summed E-state index contributed by atoms with van der Waals surface area (Å²) in [5, 5.41) is 11.1. The molecule has 0 bridgehead atoms. The van der Waals surface area contributed by atoms with Crippen LogP contribution in [-0.4, -0.2) is 31.0 Å². The first kappa shape index (κ1) is 19.7. The molecule has 0 aliphatic rings. The number of likely N-dealkylation sites (N-methyl/N-ethyl adjacent to an activating group) is 1. The Bertz CT molecular complexity index is 974. The van der Waals surface area contributed by atoms with Crippen LogP contribution < -0.4 is 16.0 Å². The maximum absolute atomic E-state index is 12.7. The van der Waals surface area contributed by atoms with Gasteiger partial charge in [-0.3, -0.25) is 9.78 Å². The molecule has 0 saturated heterocycles. The summed E-state index contributed by atoms with van der Waals surface area (Å²) in [6.07, 6.45) is 1.68. The Hall–Kier alpha value is -2.05. The highest BCUT2D eigenvalue weighted by Crippen LogP contribution is 2.32. The van der Waals surface area contributed by atoms with Gasteiger partial charge in [0.25, 0.3) is 5.91 Å². The number of hydrogen-bond acceptors (Lipinski definition) is 4. The van der Waals surface area contributed by atoms with Gasteiger partial charge in [0.05, 0.1) is 26.8 Å². The maximum Gasteiger partial charge on any atom is 0.258 e. The molecule has 140 valence electrons. The van der Waals surface area contributed by atoms with Gasteiger partial charge in [0.2, 0.25) is 0 Å². The van der Waals surface area contributed by atoms with Gasteiger partial charge in [-0.15, -0.1) is 0 Å². The Morgan fingerprint density at radius 1 is 1.04 bits per heavy atom. The number of halogens is 3. The van der Waals surface area contributed by atoms with Crippen molar-refractivity contribution >= 4 is 63.0 Å². The van der Waals surface area contributed by atoms with Gasteiger partial charge in [0.15, 0.2) is 0 Å². The lowest BCUT2D eigenvalue weighted by Crippen LogP contribution is -2.18. The number of fused-ring (bicyclic) bond motifs is 1. The van der Waals surface area contributed by atoms with Gasteiger partial charge in [-0.25, -0.2) is 0 Å². The third-order valence-electron chi connectivity index (χ3n) is 3.94. The van der Waals surface area contributed by atoms with Crippen molar-refractivity contribution in [3.05, 3.63) is 63.2 Å². The average molecular weight is 424 g/mol. The number of nitrogens with zero attached hydrogens (tertiary/aromatic N) is 1. The summed E-state index contributed by atoms with van der Waals surface area (Å²) in [5.41, 5.74) is 2.18. The Morgan fingerprint density at radius 3 is 2.48 bits per heavy atom. The average Bonchev–Trinajstić information content (AvgIpc) is 2.62. The van der Waals surface area contributed by atoms with E-state index in [2.05, 4.69) is 20.9 Å². The van der Waals surface area contributed by atoms with Crippen molar-refractivity contribution < 1.29 is 4.79 Å². The molecule has 1 heterocycles. The van der Waals surface area contributed by atoms with Gasteiger partial charge in [0.1, 0.15) is 0 Å². The number of aromatic nitrogens is 1. The molecule has 8 heteroatoms. The first-order valence-electron chi connectivity index (χ1n) is 8.23. The second kappa shape index (κ2) is 8.76. The lowest BCUT2D eigenvalue weighted by molar-refractivity contribution is 0.102. The van der Waals surface area contributed by atoms with Crippen molar-refractivity contribution in [2.45, 2.75) is 0 Å². The van der Waals surface area contributed by atoms with Gasteiger partial charge in [-0.05, 0) is 37.4 Å². The Labute approximate surface area is 172 Å². The zero-order valence-corrected chi connectivity index (χ0v) is 16.7. The molecule has 0 radical (unpaired) electrons. The molecule has 0 aliphatic carbocycles. The molecular weight excluding hydrogens is 407 g/mol. The maximum atomic E-state index is 12.7. The van der Waals surface area contributed by atoms with E-state index >= 15 is 0 Å². The minimum atomic E-state index is -0.426. The van der Waals surface area contributed by atoms with Crippen LogP contribution in [0.15, 0.2) is 42.6 Å². The van der Waals surface area contributed by atoms with E-state index in [0.29, 0.717) is 16.2 Å². The van der Waals surface area contributed by atoms with Gasteiger partial charge in [-0.1, -0.05) is 40.9 Å². The number of anilines is 2. The zero-order valence-electron chi connectivity index (χ0n) is 14.4. The number of nitrogens with one attached hydrogen (secondary N) is 3. The molecule has 5 nitrogen and oxygen atoms in total. The summed E-state index contributed by atoms with van der Waals surface area (Å²) in [6.45, 7) is 1.54. The minimum Gasteiger partial charge on any atom is -0.383 e. The first-order valence-corrected chi connectivity index (χ1v) is 9.36. The Balaban J connectivity index is 1.99. The molecule has 3 N–H and O–H groups in total. The van der Waals surface area contributed by atoms with Crippen molar-refractivity contribution in [1.82, 2.24) is 10.3 Å². The van der Waals surface area contributed by atoms with Crippen molar-refractivity contribution in [3.8, 4) is 0 Å². The van der Waals surface area contributed by atoms with E-state index in [1.54, 1.807) is 30.5 Å². The number of benzene rings is 2. The number of amides is 1. The Kier molecular flexibility index (Phi) is 6.39. The van der Waals surface area contributed by atoms with Crippen molar-refractivity contribution in [3.63, 3.8) is 0 Å². The van der Waals surface area contributed by atoms with Crippen LogP contribution in [0, 0.1) is 0 Å². The first-order chi connectivity index (χ1) is 13.0. The van der Waals surface area contributed by atoms with Gasteiger partial charge in [0, 0.05) is 35.4 Å². The molecule has 0 spiro atoms. The third kappa shape index (κ3) is 4.45. The van der Waals surface area contributed by atoms with Crippen LogP contribution in [0.5, 0.6) is 0 Å². The Morgan fingerprint density at radius 2 is 1.78 bits per heavy atom. The van der Waals surface area contributed by atoms with E-state index in [4.69, 9.17) is 34.8 Å². The minimum absolute atomic E-state index is 0.206. The summed E-state index contributed by atoms with van der Waals surface area (Å²) in [7, 11) is 1.89.